The van der Waals surface area contributed by atoms with Crippen molar-refractivity contribution in [2.24, 2.45) is 11.8 Å². The average Bonchev–Trinajstić information content (AvgIpc) is 3.77. The van der Waals surface area contributed by atoms with E-state index < -0.39 is 6.10 Å². The van der Waals surface area contributed by atoms with E-state index in [0.717, 1.165) is 48.7 Å². The minimum absolute atomic E-state index is 0.0257. The number of benzene rings is 3. The smallest absolute Gasteiger partial charge is 0.315 e. The highest BCUT2D eigenvalue weighted by Crippen LogP contribution is 2.33. The number of urea groups is 1. The number of aliphatic hydroxyl groups excluding tert-OH is 1. The van der Waals surface area contributed by atoms with Crippen molar-refractivity contribution in [2.45, 2.75) is 134 Å². The zero-order valence-corrected chi connectivity index (χ0v) is 50.6. The van der Waals surface area contributed by atoms with E-state index in [2.05, 4.69) is 69.8 Å². The molecule has 2 saturated heterocycles. The van der Waals surface area contributed by atoms with Crippen molar-refractivity contribution in [2.75, 3.05) is 92.0 Å². The summed E-state index contributed by atoms with van der Waals surface area (Å²) >= 11 is 1.89. The van der Waals surface area contributed by atoms with Gasteiger partial charge in [-0.05, 0) is 130 Å². The van der Waals surface area contributed by atoms with Crippen molar-refractivity contribution in [3.8, 4) is 17.2 Å². The van der Waals surface area contributed by atoms with Crippen molar-refractivity contribution in [1.82, 2.24) is 41.6 Å². The number of carbonyl (C=O) groups excluding carboxylic acids is 4. The third-order valence-electron chi connectivity index (χ3n) is 14.7. The van der Waals surface area contributed by atoms with Gasteiger partial charge in [-0.2, -0.15) is 11.8 Å². The van der Waals surface area contributed by atoms with Crippen LogP contribution in [-0.4, -0.2) is 165 Å². The van der Waals surface area contributed by atoms with E-state index in [1.165, 1.54) is 12.8 Å². The number of nitrogens with one attached hydrogen (secondary N) is 5. The Morgan fingerprint density at radius 1 is 0.750 bits per heavy atom. The van der Waals surface area contributed by atoms with E-state index in [1.807, 2.05) is 43.1 Å². The minimum Gasteiger partial charge on any atom is -0.494 e. The number of ketones is 1. The van der Waals surface area contributed by atoms with E-state index >= 15 is 0 Å². The summed E-state index contributed by atoms with van der Waals surface area (Å²) in [5.74, 6) is 4.01. The van der Waals surface area contributed by atoms with E-state index in [4.69, 9.17) is 33.2 Å². The summed E-state index contributed by atoms with van der Waals surface area (Å²) in [5, 5.41) is 34.6. The molecule has 0 spiro atoms. The van der Waals surface area contributed by atoms with E-state index in [9.17, 15) is 24.3 Å². The van der Waals surface area contributed by atoms with Crippen molar-refractivity contribution in [3.05, 3.63) is 114 Å². The molecule has 21 heteroatoms. The fourth-order valence-electron chi connectivity index (χ4n) is 9.75. The van der Waals surface area contributed by atoms with Crippen molar-refractivity contribution < 1.29 is 57.4 Å². The number of allylic oxidation sites excluding steroid dienone is 2. The number of rotatable bonds is 45. The van der Waals surface area contributed by atoms with Crippen LogP contribution in [0.4, 0.5) is 4.79 Å². The standard InChI is InChI=1S/C63H92N8O12S/c1-5-46(2)41-47(3)11-6-7-12-57(72)55(64-4)42-48-16-22-52(23-17-48)81-31-10-15-60(74)66-29-33-78-39-40-82-53-24-18-49(19-25-53)62(75)50-20-26-54(27-21-50)83-44-51-43-71(70-69-51)30-34-79-36-38-80-37-35-77-32-28-65-59(73)14-9-8-13-58-61-56(45-84-58)67-63(76)68-61/h6,11,16-27,43,46-47,55-58,61,64,72H,5,7-10,12-15,28-42,44-45H2,1-4H3,(H,65,73)(H,66,74)(H2,67,68,76)/b11-6+/t46-,47+,55+,56+,57-,58+,61+/m1/s1. The summed E-state index contributed by atoms with van der Waals surface area (Å²) in [6.07, 6.45) is 14.7. The lowest BCUT2D eigenvalue weighted by Gasteiger charge is -2.22. The first-order valence-electron chi connectivity index (χ1n) is 30.1. The van der Waals surface area contributed by atoms with Crippen molar-refractivity contribution in [3.63, 3.8) is 0 Å². The summed E-state index contributed by atoms with van der Waals surface area (Å²) in [5.41, 5.74) is 2.82. The maximum absolute atomic E-state index is 13.2. The van der Waals surface area contributed by atoms with Gasteiger partial charge in [-0.1, -0.05) is 63.1 Å². The van der Waals surface area contributed by atoms with E-state index in [-0.39, 0.29) is 48.4 Å². The van der Waals surface area contributed by atoms with Crippen LogP contribution >= 0.6 is 11.8 Å². The third kappa shape index (κ3) is 25.6. The van der Waals surface area contributed by atoms with Gasteiger partial charge in [-0.15, -0.1) is 5.10 Å². The maximum atomic E-state index is 13.2. The first kappa shape index (κ1) is 67.1. The Morgan fingerprint density at radius 3 is 2.00 bits per heavy atom. The molecule has 0 aliphatic carbocycles. The predicted molar refractivity (Wildman–Crippen MR) is 325 cm³/mol. The van der Waals surface area contributed by atoms with Gasteiger partial charge in [-0.25, -0.2) is 9.48 Å². The summed E-state index contributed by atoms with van der Waals surface area (Å²) in [6, 6.07) is 22.2. The van der Waals surface area contributed by atoms with Crippen LogP contribution in [0, 0.1) is 11.8 Å². The van der Waals surface area contributed by atoms with Gasteiger partial charge in [-0.3, -0.25) is 14.4 Å². The number of carbonyl (C=O) groups is 4. The molecular weight excluding hydrogens is 1090 g/mol. The zero-order valence-electron chi connectivity index (χ0n) is 49.8. The van der Waals surface area contributed by atoms with Crippen LogP contribution in [0.3, 0.4) is 0 Å². The molecule has 2 fully saturated rings. The second kappa shape index (κ2) is 38.8. The molecule has 2 aliphatic heterocycles. The monoisotopic (exact) mass is 1180 g/mol. The molecule has 1 aromatic heterocycles. The second-order valence-electron chi connectivity index (χ2n) is 21.5. The lowest BCUT2D eigenvalue weighted by molar-refractivity contribution is -0.122. The number of fused-ring (bicyclic) bond motifs is 1. The third-order valence-corrected chi connectivity index (χ3v) is 16.2. The molecule has 3 heterocycles. The Hall–Kier alpha value is -6.07. The van der Waals surface area contributed by atoms with Crippen LogP contribution < -0.4 is 40.8 Å². The minimum atomic E-state index is -0.444. The molecule has 0 unspecified atom stereocenters. The zero-order chi connectivity index (χ0) is 59.6. The highest BCUT2D eigenvalue weighted by molar-refractivity contribution is 8.00. The van der Waals surface area contributed by atoms with Crippen LogP contribution in [0.25, 0.3) is 0 Å². The Labute approximate surface area is 500 Å². The molecule has 6 N–H and O–H groups in total. The SMILES string of the molecule is CC[C@@H](C)C[C@@H](C)/C=C/CC[C@@H](O)[C@H](Cc1ccc(OCCCC(=O)NCCOCCOc2ccc(C(=O)c3ccc(OCc4cn(CCOCCOCCOCCNC(=O)CCCC[C@@H]5SC[C@@H]6NC(=O)N[C@@H]65)nn4)cc3)cc2)cc1)NC. The summed E-state index contributed by atoms with van der Waals surface area (Å²) in [4.78, 5) is 49.3. The highest BCUT2D eigenvalue weighted by Gasteiger charge is 2.42. The molecule has 7 atom stereocenters. The number of ether oxygens (including phenoxy) is 7. The fourth-order valence-corrected chi connectivity index (χ4v) is 11.3. The van der Waals surface area contributed by atoms with Crippen LogP contribution in [0.2, 0.25) is 0 Å². The highest BCUT2D eigenvalue weighted by atomic mass is 32.2. The van der Waals surface area contributed by atoms with Crippen molar-refractivity contribution >= 4 is 35.4 Å². The number of thioether (sulfide) groups is 1. The number of hydrogen-bond acceptors (Lipinski definition) is 16. The van der Waals surface area contributed by atoms with Gasteiger partial charge in [0, 0.05) is 54.1 Å². The maximum Gasteiger partial charge on any atom is 0.315 e. The molecule has 2 aliphatic rings. The summed E-state index contributed by atoms with van der Waals surface area (Å²) in [7, 11) is 1.89. The molecule has 462 valence electrons. The molecule has 4 aromatic rings. The number of nitrogens with zero attached hydrogens (tertiary/aromatic N) is 3. The Morgan fingerprint density at radius 2 is 1.35 bits per heavy atom. The number of likely N-dealkylation sites (N-methyl/N-ethyl adjacent to an activating group) is 1. The Kier molecular flexibility index (Phi) is 31.0. The van der Waals surface area contributed by atoms with Gasteiger partial charge >= 0.3 is 6.03 Å². The molecule has 0 radical (unpaired) electrons. The van der Waals surface area contributed by atoms with Gasteiger partial charge in [0.15, 0.2) is 5.78 Å². The first-order valence-corrected chi connectivity index (χ1v) is 31.2. The van der Waals surface area contributed by atoms with Crippen molar-refractivity contribution in [1.29, 1.82) is 0 Å². The lowest BCUT2D eigenvalue weighted by Crippen LogP contribution is -2.39. The molecule has 6 rings (SSSR count). The number of aromatic nitrogens is 3. The van der Waals surface area contributed by atoms with Crippen LogP contribution in [0.15, 0.2) is 91.1 Å². The fraction of sp³-hybridized carbons (Fsp3) is 0.587. The normalized spacial score (nSPS) is 17.0. The van der Waals surface area contributed by atoms with Crippen LogP contribution in [0.5, 0.6) is 17.2 Å². The number of amides is 4. The molecule has 0 saturated carbocycles. The first-order chi connectivity index (χ1) is 41.0. The van der Waals surface area contributed by atoms with Gasteiger partial charge in [0.05, 0.1) is 90.4 Å². The molecular formula is C63H92N8O12S. The van der Waals surface area contributed by atoms with Crippen LogP contribution in [-0.2, 0) is 48.1 Å². The number of hydrogen-bond donors (Lipinski definition) is 6. The Bertz CT molecular complexity index is 2540. The summed E-state index contributed by atoms with van der Waals surface area (Å²) in [6.45, 7) is 12.4. The van der Waals surface area contributed by atoms with E-state index in [1.54, 1.807) is 59.4 Å². The van der Waals surface area contributed by atoms with E-state index in [0.29, 0.717) is 157 Å². The molecule has 20 nitrogen and oxygen atoms in total. The molecule has 4 amide bonds. The number of unbranched alkanes of at least 4 members (excludes halogenated alkanes) is 1. The molecule has 3 aromatic carbocycles. The quantitative estimate of drug-likeness (QED) is 0.0110. The van der Waals surface area contributed by atoms with Gasteiger partial charge in [0.2, 0.25) is 11.8 Å². The predicted octanol–water partition coefficient (Wildman–Crippen LogP) is 7.25. The molecule has 0 bridgehead atoms. The Balaban J connectivity index is 0.706. The topological polar surface area (TPSA) is 244 Å². The second-order valence-corrected chi connectivity index (χ2v) is 22.8. The van der Waals surface area contributed by atoms with Crippen LogP contribution in [0.1, 0.15) is 112 Å². The van der Waals surface area contributed by atoms with Gasteiger partial charge < -0.3 is 64.8 Å². The van der Waals surface area contributed by atoms with Gasteiger partial charge in [0.25, 0.3) is 0 Å². The number of aliphatic hydroxyl groups is 1. The average molecular weight is 1190 g/mol. The largest absolute Gasteiger partial charge is 0.494 e. The molecule has 84 heavy (non-hydrogen) atoms. The van der Waals surface area contributed by atoms with Gasteiger partial charge in [0.1, 0.15) is 36.2 Å². The lowest BCUT2D eigenvalue weighted by atomic mass is 9.94. The summed E-state index contributed by atoms with van der Waals surface area (Å²) < 4.78 is 41.7.